The van der Waals surface area contributed by atoms with Crippen LogP contribution in [0.15, 0.2) is 15.7 Å². The average Bonchev–Trinajstić information content (AvgIpc) is 2.47. The fourth-order valence-electron chi connectivity index (χ4n) is 2.47. The highest BCUT2D eigenvalue weighted by Gasteiger charge is 2.26. The summed E-state index contributed by atoms with van der Waals surface area (Å²) >= 11 is 0. The van der Waals surface area contributed by atoms with E-state index in [0.29, 0.717) is 32.0 Å². The second-order valence-electron chi connectivity index (χ2n) is 6.70. The summed E-state index contributed by atoms with van der Waals surface area (Å²) in [6, 6.07) is 1.45. The summed E-state index contributed by atoms with van der Waals surface area (Å²) in [7, 11) is 3.09. The molecular weight excluding hydrogens is 300 g/mol. The van der Waals surface area contributed by atoms with Crippen molar-refractivity contribution in [2.75, 3.05) is 31.1 Å². The van der Waals surface area contributed by atoms with Crippen LogP contribution in [0, 0.1) is 0 Å². The summed E-state index contributed by atoms with van der Waals surface area (Å²) < 4.78 is 7.87. The van der Waals surface area contributed by atoms with E-state index in [1.165, 1.54) is 17.7 Å². The van der Waals surface area contributed by atoms with Crippen LogP contribution < -0.4 is 16.1 Å². The molecular formula is C15H24N4O4. The van der Waals surface area contributed by atoms with Crippen LogP contribution in [0.4, 0.5) is 10.6 Å². The maximum Gasteiger partial charge on any atom is 0.410 e. The zero-order chi connectivity index (χ0) is 17.4. The highest BCUT2D eigenvalue weighted by molar-refractivity contribution is 5.68. The third kappa shape index (κ3) is 3.75. The Balaban J connectivity index is 2.10. The number of rotatable bonds is 1. The number of piperazine rings is 1. The van der Waals surface area contributed by atoms with Crippen molar-refractivity contribution in [3.63, 3.8) is 0 Å². The second kappa shape index (κ2) is 6.10. The van der Waals surface area contributed by atoms with Gasteiger partial charge in [0.1, 0.15) is 11.4 Å². The van der Waals surface area contributed by atoms with Crippen LogP contribution in [0.1, 0.15) is 20.8 Å². The van der Waals surface area contributed by atoms with Gasteiger partial charge >= 0.3 is 11.8 Å². The Morgan fingerprint density at radius 1 is 1.04 bits per heavy atom. The third-order valence-corrected chi connectivity index (χ3v) is 3.76. The standard InChI is InChI=1S/C15H24N4O4/c1-15(2,3)23-14(22)19-8-6-18(7-9-19)11-10-12(20)17(5)13(21)16(11)4/h10H,6-9H2,1-5H3. The smallest absolute Gasteiger partial charge is 0.410 e. The van der Waals surface area contributed by atoms with E-state index >= 15 is 0 Å². The normalized spacial score (nSPS) is 15.7. The van der Waals surface area contributed by atoms with Crippen molar-refractivity contribution in [2.24, 2.45) is 14.1 Å². The minimum Gasteiger partial charge on any atom is -0.444 e. The zero-order valence-corrected chi connectivity index (χ0v) is 14.3. The van der Waals surface area contributed by atoms with E-state index in [1.807, 2.05) is 25.7 Å². The van der Waals surface area contributed by atoms with Crippen LogP contribution in [0.5, 0.6) is 0 Å². The predicted molar refractivity (Wildman–Crippen MR) is 86.9 cm³/mol. The average molecular weight is 324 g/mol. The number of anilines is 1. The van der Waals surface area contributed by atoms with Crippen LogP contribution in [-0.2, 0) is 18.8 Å². The van der Waals surface area contributed by atoms with Gasteiger partial charge in [0.2, 0.25) is 0 Å². The molecule has 0 atom stereocenters. The molecule has 0 aliphatic carbocycles. The first-order chi connectivity index (χ1) is 10.6. The number of nitrogens with zero attached hydrogens (tertiary/aromatic N) is 4. The molecule has 0 N–H and O–H groups in total. The minimum atomic E-state index is -0.524. The number of hydrogen-bond acceptors (Lipinski definition) is 5. The largest absolute Gasteiger partial charge is 0.444 e. The highest BCUT2D eigenvalue weighted by atomic mass is 16.6. The van der Waals surface area contributed by atoms with E-state index in [2.05, 4.69) is 0 Å². The van der Waals surface area contributed by atoms with Crippen molar-refractivity contribution >= 4 is 11.9 Å². The fourth-order valence-corrected chi connectivity index (χ4v) is 2.47. The number of amides is 1. The van der Waals surface area contributed by atoms with Crippen molar-refractivity contribution < 1.29 is 9.53 Å². The SMILES string of the molecule is Cn1c(N2CCN(C(=O)OC(C)(C)C)CC2)cc(=O)n(C)c1=O. The van der Waals surface area contributed by atoms with E-state index in [4.69, 9.17) is 4.74 Å². The van der Waals surface area contributed by atoms with E-state index in [-0.39, 0.29) is 17.3 Å². The number of carbonyl (C=O) groups is 1. The number of hydrogen-bond donors (Lipinski definition) is 0. The van der Waals surface area contributed by atoms with Gasteiger partial charge in [-0.15, -0.1) is 0 Å². The molecule has 1 saturated heterocycles. The Bertz CT molecular complexity index is 706. The second-order valence-corrected chi connectivity index (χ2v) is 6.70. The quantitative estimate of drug-likeness (QED) is 0.734. The molecule has 1 aliphatic rings. The van der Waals surface area contributed by atoms with Crippen LogP contribution >= 0.6 is 0 Å². The van der Waals surface area contributed by atoms with Crippen molar-refractivity contribution in [1.82, 2.24) is 14.0 Å². The number of carbonyl (C=O) groups excluding carboxylic acids is 1. The van der Waals surface area contributed by atoms with Gasteiger partial charge in [-0.05, 0) is 20.8 Å². The molecule has 2 rings (SSSR count). The molecule has 1 aromatic rings. The van der Waals surface area contributed by atoms with Gasteiger partial charge < -0.3 is 14.5 Å². The predicted octanol–water partition coefficient (Wildman–Crippen LogP) is 0.141. The lowest BCUT2D eigenvalue weighted by molar-refractivity contribution is 0.0240. The van der Waals surface area contributed by atoms with Gasteiger partial charge in [-0.1, -0.05) is 0 Å². The lowest BCUT2D eigenvalue weighted by Crippen LogP contribution is -2.51. The monoisotopic (exact) mass is 324 g/mol. The topological polar surface area (TPSA) is 76.8 Å². The summed E-state index contributed by atoms with van der Waals surface area (Å²) in [5, 5.41) is 0. The van der Waals surface area contributed by atoms with Crippen LogP contribution in [-0.4, -0.2) is 51.9 Å². The Labute approximate surface area is 134 Å². The Morgan fingerprint density at radius 3 is 2.13 bits per heavy atom. The van der Waals surface area contributed by atoms with Crippen molar-refractivity contribution in [3.05, 3.63) is 26.9 Å². The molecule has 1 aromatic heterocycles. The van der Waals surface area contributed by atoms with E-state index in [0.717, 1.165) is 4.57 Å². The fraction of sp³-hybridized carbons (Fsp3) is 0.667. The highest BCUT2D eigenvalue weighted by Crippen LogP contribution is 2.15. The van der Waals surface area contributed by atoms with Gasteiger partial charge in [0.05, 0.1) is 0 Å². The molecule has 0 aromatic carbocycles. The summed E-state index contributed by atoms with van der Waals surface area (Å²) in [5.74, 6) is 0.571. The van der Waals surface area contributed by atoms with Crippen molar-refractivity contribution in [1.29, 1.82) is 0 Å². The molecule has 128 valence electrons. The maximum atomic E-state index is 12.1. The van der Waals surface area contributed by atoms with Gasteiger partial charge in [0, 0.05) is 46.3 Å². The van der Waals surface area contributed by atoms with Gasteiger partial charge in [0.25, 0.3) is 5.56 Å². The maximum absolute atomic E-state index is 12.1. The third-order valence-electron chi connectivity index (χ3n) is 3.76. The molecule has 23 heavy (non-hydrogen) atoms. The molecule has 0 saturated carbocycles. The molecule has 1 aliphatic heterocycles. The van der Waals surface area contributed by atoms with Gasteiger partial charge in [-0.2, -0.15) is 0 Å². The van der Waals surface area contributed by atoms with E-state index in [1.54, 1.807) is 11.9 Å². The summed E-state index contributed by atoms with van der Waals surface area (Å²) in [5.41, 5.74) is -1.22. The Kier molecular flexibility index (Phi) is 4.53. The van der Waals surface area contributed by atoms with Gasteiger partial charge in [-0.3, -0.25) is 13.9 Å². The lowest BCUT2D eigenvalue weighted by atomic mass is 10.2. The molecule has 1 fully saturated rings. The molecule has 0 bridgehead atoms. The molecule has 1 amide bonds. The molecule has 0 radical (unpaired) electrons. The van der Waals surface area contributed by atoms with E-state index in [9.17, 15) is 14.4 Å². The Hall–Kier alpha value is -2.25. The molecule has 8 nitrogen and oxygen atoms in total. The van der Waals surface area contributed by atoms with E-state index < -0.39 is 5.60 Å². The van der Waals surface area contributed by atoms with Gasteiger partial charge in [-0.25, -0.2) is 9.59 Å². The first-order valence-electron chi connectivity index (χ1n) is 7.60. The lowest BCUT2D eigenvalue weighted by Gasteiger charge is -2.37. The summed E-state index contributed by atoms with van der Waals surface area (Å²) in [6.45, 7) is 7.54. The Morgan fingerprint density at radius 2 is 1.61 bits per heavy atom. The first-order valence-corrected chi connectivity index (χ1v) is 7.60. The van der Waals surface area contributed by atoms with Crippen molar-refractivity contribution in [2.45, 2.75) is 26.4 Å². The summed E-state index contributed by atoms with van der Waals surface area (Å²) in [6.07, 6.45) is -0.338. The number of ether oxygens (including phenoxy) is 1. The first kappa shape index (κ1) is 17.1. The van der Waals surface area contributed by atoms with Crippen LogP contribution in [0.2, 0.25) is 0 Å². The minimum absolute atomic E-state index is 0.335. The molecule has 8 heteroatoms. The molecule has 2 heterocycles. The van der Waals surface area contributed by atoms with Crippen LogP contribution in [0.25, 0.3) is 0 Å². The number of aromatic nitrogens is 2. The van der Waals surface area contributed by atoms with Crippen molar-refractivity contribution in [3.8, 4) is 0 Å². The molecule has 0 spiro atoms. The van der Waals surface area contributed by atoms with Gasteiger partial charge in [0.15, 0.2) is 0 Å². The summed E-state index contributed by atoms with van der Waals surface area (Å²) in [4.78, 5) is 39.4. The zero-order valence-electron chi connectivity index (χ0n) is 14.3. The molecule has 0 unspecified atom stereocenters. The van der Waals surface area contributed by atoms with Crippen LogP contribution in [0.3, 0.4) is 0 Å².